The normalized spacial score (nSPS) is 11.8. The number of fused-ring (bicyclic) bond motifs is 2. The van der Waals surface area contributed by atoms with Gasteiger partial charge in [-0.15, -0.1) is 0 Å². The maximum atomic E-state index is 5.04. The summed E-state index contributed by atoms with van der Waals surface area (Å²) in [6.45, 7) is 9.02. The molecule has 0 fully saturated rings. The van der Waals surface area contributed by atoms with Gasteiger partial charge in [-0.2, -0.15) is 0 Å². The van der Waals surface area contributed by atoms with Crippen LogP contribution in [-0.2, 0) is 0 Å². The fourth-order valence-electron chi connectivity index (χ4n) is 3.61. The molecule has 0 bridgehead atoms. The molecule has 0 radical (unpaired) electrons. The summed E-state index contributed by atoms with van der Waals surface area (Å²) in [5, 5.41) is 3.79. The van der Waals surface area contributed by atoms with E-state index in [0.717, 1.165) is 11.2 Å². The quantitative estimate of drug-likeness (QED) is 0.381. The first-order valence-electron chi connectivity index (χ1n) is 9.46. The molecule has 26 heavy (non-hydrogen) atoms. The second kappa shape index (κ2) is 6.57. The van der Waals surface area contributed by atoms with Crippen molar-refractivity contribution < 1.29 is 0 Å². The van der Waals surface area contributed by atoms with E-state index in [4.69, 9.17) is 4.98 Å². The predicted molar refractivity (Wildman–Crippen MR) is 113 cm³/mol. The van der Waals surface area contributed by atoms with Crippen LogP contribution in [0.5, 0.6) is 0 Å². The first-order valence-corrected chi connectivity index (χ1v) is 9.46. The third-order valence-electron chi connectivity index (χ3n) is 5.20. The van der Waals surface area contributed by atoms with Crippen molar-refractivity contribution in [1.82, 2.24) is 4.98 Å². The van der Waals surface area contributed by atoms with E-state index in [0.29, 0.717) is 11.8 Å². The van der Waals surface area contributed by atoms with Crippen LogP contribution in [0.1, 0.15) is 50.7 Å². The predicted octanol–water partition coefficient (Wildman–Crippen LogP) is 7.30. The molecule has 1 heterocycles. The van der Waals surface area contributed by atoms with Crippen molar-refractivity contribution >= 4 is 21.7 Å². The smallest absolute Gasteiger partial charge is 0.0715 e. The number of hydrogen-bond donors (Lipinski definition) is 0. The van der Waals surface area contributed by atoms with Gasteiger partial charge < -0.3 is 0 Å². The summed E-state index contributed by atoms with van der Waals surface area (Å²) in [7, 11) is 0. The highest BCUT2D eigenvalue weighted by Crippen LogP contribution is 2.31. The molecule has 0 unspecified atom stereocenters. The largest absolute Gasteiger partial charge is 0.248 e. The SMILES string of the molecule is CC(C)c1cc(C(C)C)c2ccc(-c3ccc4ccccc4c3)nc2c1. The monoisotopic (exact) mass is 339 g/mol. The molecule has 0 amide bonds. The van der Waals surface area contributed by atoms with Crippen LogP contribution in [0.3, 0.4) is 0 Å². The van der Waals surface area contributed by atoms with E-state index < -0.39 is 0 Å². The van der Waals surface area contributed by atoms with Gasteiger partial charge in [0.05, 0.1) is 11.2 Å². The number of pyridine rings is 1. The molecule has 1 aromatic heterocycles. The minimum Gasteiger partial charge on any atom is -0.248 e. The van der Waals surface area contributed by atoms with Crippen LogP contribution in [0, 0.1) is 0 Å². The first-order chi connectivity index (χ1) is 12.5. The van der Waals surface area contributed by atoms with Crippen LogP contribution in [0.2, 0.25) is 0 Å². The van der Waals surface area contributed by atoms with E-state index in [1.54, 1.807) is 0 Å². The third kappa shape index (κ3) is 2.99. The zero-order chi connectivity index (χ0) is 18.3. The second-order valence-corrected chi connectivity index (χ2v) is 7.74. The molecule has 130 valence electrons. The molecular weight excluding hydrogens is 314 g/mol. The van der Waals surface area contributed by atoms with Crippen LogP contribution in [0.15, 0.2) is 66.7 Å². The number of nitrogens with zero attached hydrogens (tertiary/aromatic N) is 1. The maximum absolute atomic E-state index is 5.04. The summed E-state index contributed by atoms with van der Waals surface area (Å²) >= 11 is 0. The Morgan fingerprint density at radius 3 is 2.19 bits per heavy atom. The number of rotatable bonds is 3. The Balaban J connectivity index is 1.90. The van der Waals surface area contributed by atoms with Crippen LogP contribution >= 0.6 is 0 Å². The summed E-state index contributed by atoms with van der Waals surface area (Å²) in [4.78, 5) is 5.04. The molecule has 0 saturated carbocycles. The molecule has 4 rings (SSSR count). The summed E-state index contributed by atoms with van der Waals surface area (Å²) < 4.78 is 0. The van der Waals surface area contributed by atoms with Crippen LogP contribution in [-0.4, -0.2) is 4.98 Å². The molecule has 0 atom stereocenters. The molecule has 4 aromatic rings. The average Bonchev–Trinajstić information content (AvgIpc) is 2.66. The molecule has 0 spiro atoms. The summed E-state index contributed by atoms with van der Waals surface area (Å²) in [6.07, 6.45) is 0. The van der Waals surface area contributed by atoms with E-state index in [-0.39, 0.29) is 0 Å². The zero-order valence-electron chi connectivity index (χ0n) is 16.0. The van der Waals surface area contributed by atoms with Crippen LogP contribution in [0.25, 0.3) is 32.9 Å². The van der Waals surface area contributed by atoms with E-state index in [2.05, 4.69) is 94.4 Å². The van der Waals surface area contributed by atoms with Gasteiger partial charge in [0.2, 0.25) is 0 Å². The fraction of sp³-hybridized carbons (Fsp3) is 0.240. The van der Waals surface area contributed by atoms with Gasteiger partial charge in [0.25, 0.3) is 0 Å². The molecule has 0 aliphatic carbocycles. The first kappa shape index (κ1) is 16.8. The van der Waals surface area contributed by atoms with Gasteiger partial charge in [-0.05, 0) is 51.9 Å². The Hall–Kier alpha value is -2.67. The summed E-state index contributed by atoms with van der Waals surface area (Å²) in [6, 6.07) is 24.1. The van der Waals surface area contributed by atoms with Crippen molar-refractivity contribution in [3.05, 3.63) is 77.9 Å². The maximum Gasteiger partial charge on any atom is 0.0715 e. The highest BCUT2D eigenvalue weighted by atomic mass is 14.7. The van der Waals surface area contributed by atoms with Gasteiger partial charge in [-0.3, -0.25) is 0 Å². The Kier molecular flexibility index (Phi) is 4.24. The molecule has 0 aliphatic heterocycles. The van der Waals surface area contributed by atoms with E-state index in [1.165, 1.54) is 32.8 Å². The number of hydrogen-bond acceptors (Lipinski definition) is 1. The van der Waals surface area contributed by atoms with Crippen LogP contribution in [0.4, 0.5) is 0 Å². The van der Waals surface area contributed by atoms with E-state index in [9.17, 15) is 0 Å². The number of aromatic nitrogens is 1. The Bertz CT molecular complexity index is 1090. The van der Waals surface area contributed by atoms with Gasteiger partial charge in [-0.25, -0.2) is 4.98 Å². The van der Waals surface area contributed by atoms with Crippen molar-refractivity contribution in [2.24, 2.45) is 0 Å². The van der Waals surface area contributed by atoms with Crippen molar-refractivity contribution in [3.8, 4) is 11.3 Å². The van der Waals surface area contributed by atoms with Gasteiger partial charge in [0, 0.05) is 10.9 Å². The van der Waals surface area contributed by atoms with Crippen molar-refractivity contribution in [1.29, 1.82) is 0 Å². The van der Waals surface area contributed by atoms with Crippen molar-refractivity contribution in [2.45, 2.75) is 39.5 Å². The lowest BCUT2D eigenvalue weighted by Gasteiger charge is -2.15. The molecule has 3 aromatic carbocycles. The van der Waals surface area contributed by atoms with Crippen LogP contribution < -0.4 is 0 Å². The fourth-order valence-corrected chi connectivity index (χ4v) is 3.61. The van der Waals surface area contributed by atoms with Gasteiger partial charge >= 0.3 is 0 Å². The average molecular weight is 339 g/mol. The topological polar surface area (TPSA) is 12.9 Å². The molecule has 0 saturated heterocycles. The molecule has 1 nitrogen and oxygen atoms in total. The standard InChI is InChI=1S/C25H25N/c1-16(2)21-14-23(17(3)4)22-11-12-24(26-25(22)15-21)20-10-9-18-7-5-6-8-19(18)13-20/h5-17H,1-4H3. The van der Waals surface area contributed by atoms with Crippen molar-refractivity contribution in [2.75, 3.05) is 0 Å². The highest BCUT2D eigenvalue weighted by molar-refractivity contribution is 5.89. The Morgan fingerprint density at radius 1 is 0.692 bits per heavy atom. The number of benzene rings is 3. The molecular formula is C25H25N. The highest BCUT2D eigenvalue weighted by Gasteiger charge is 2.12. The summed E-state index contributed by atoms with van der Waals surface area (Å²) in [5.41, 5.74) is 6.07. The van der Waals surface area contributed by atoms with E-state index in [1.807, 2.05) is 0 Å². The lowest BCUT2D eigenvalue weighted by molar-refractivity contribution is 0.841. The van der Waals surface area contributed by atoms with Gasteiger partial charge in [0.15, 0.2) is 0 Å². The van der Waals surface area contributed by atoms with Gasteiger partial charge in [-0.1, -0.05) is 76.2 Å². The van der Waals surface area contributed by atoms with Crippen molar-refractivity contribution in [3.63, 3.8) is 0 Å². The third-order valence-corrected chi connectivity index (χ3v) is 5.20. The lowest BCUT2D eigenvalue weighted by atomic mass is 9.91. The van der Waals surface area contributed by atoms with Gasteiger partial charge in [0.1, 0.15) is 0 Å². The minimum absolute atomic E-state index is 0.490. The Labute approximate surface area is 155 Å². The molecule has 0 aliphatic rings. The zero-order valence-corrected chi connectivity index (χ0v) is 16.0. The molecule has 0 N–H and O–H groups in total. The second-order valence-electron chi connectivity index (χ2n) is 7.74. The lowest BCUT2D eigenvalue weighted by Crippen LogP contribution is -1.97. The van der Waals surface area contributed by atoms with E-state index >= 15 is 0 Å². The molecule has 1 heteroatoms. The Morgan fingerprint density at radius 2 is 1.46 bits per heavy atom. The summed E-state index contributed by atoms with van der Waals surface area (Å²) in [5.74, 6) is 0.993. The minimum atomic E-state index is 0.490.